The zero-order chi connectivity index (χ0) is 17.1. The van der Waals surface area contributed by atoms with Gasteiger partial charge in [0.15, 0.2) is 5.65 Å². The summed E-state index contributed by atoms with van der Waals surface area (Å²) < 4.78 is 1.78. The number of hydrogen-bond acceptors (Lipinski definition) is 5. The van der Waals surface area contributed by atoms with Crippen molar-refractivity contribution in [2.24, 2.45) is 0 Å². The topological polar surface area (TPSA) is 58.4 Å². The Bertz CT molecular complexity index is 965. The van der Waals surface area contributed by atoms with Crippen LogP contribution in [0.2, 0.25) is 0 Å². The van der Waals surface area contributed by atoms with Gasteiger partial charge in [-0.3, -0.25) is 0 Å². The quantitative estimate of drug-likeness (QED) is 0.607. The van der Waals surface area contributed by atoms with Crippen molar-refractivity contribution in [3.05, 3.63) is 78.6 Å². The van der Waals surface area contributed by atoms with E-state index in [0.717, 1.165) is 23.7 Å². The predicted molar refractivity (Wildman–Crippen MR) is 99.1 cm³/mol. The molecule has 0 radical (unpaired) electrons. The number of nitrogens with zero attached hydrogens (tertiary/aromatic N) is 5. The van der Waals surface area contributed by atoms with Crippen LogP contribution < -0.4 is 10.2 Å². The zero-order valence-corrected chi connectivity index (χ0v) is 13.9. The summed E-state index contributed by atoms with van der Waals surface area (Å²) in [6.45, 7) is 0.802. The van der Waals surface area contributed by atoms with Gasteiger partial charge in [0.25, 0.3) is 0 Å². The van der Waals surface area contributed by atoms with Gasteiger partial charge in [-0.2, -0.15) is 4.98 Å². The van der Waals surface area contributed by atoms with Crippen molar-refractivity contribution in [3.63, 3.8) is 0 Å². The van der Waals surface area contributed by atoms with Gasteiger partial charge in [-0.05, 0) is 29.8 Å². The molecule has 0 bridgehead atoms. The van der Waals surface area contributed by atoms with E-state index in [1.54, 1.807) is 10.7 Å². The Labute approximate surface area is 145 Å². The molecule has 6 nitrogen and oxygen atoms in total. The highest BCUT2D eigenvalue weighted by Gasteiger charge is 2.12. The van der Waals surface area contributed by atoms with Crippen LogP contribution in [0.1, 0.15) is 5.56 Å². The van der Waals surface area contributed by atoms with E-state index in [-0.39, 0.29) is 0 Å². The Balaban J connectivity index is 1.63. The van der Waals surface area contributed by atoms with E-state index in [9.17, 15) is 0 Å². The average Bonchev–Trinajstić information content (AvgIpc) is 3.05. The minimum atomic E-state index is 0.527. The Morgan fingerprint density at radius 2 is 1.84 bits per heavy atom. The standard InChI is InChI=1S/C19H18N6/c1-24(14-15-8-3-2-4-9-15)16-10-7-13-25-18(16)22-19(23-25)21-17-11-5-6-12-20-17/h2-13H,14H2,1H3,(H,20,21,23). The number of nitrogens with one attached hydrogen (secondary N) is 1. The van der Waals surface area contributed by atoms with Crippen molar-refractivity contribution < 1.29 is 0 Å². The highest BCUT2D eigenvalue weighted by molar-refractivity contribution is 5.70. The van der Waals surface area contributed by atoms with Gasteiger partial charge in [-0.25, -0.2) is 9.50 Å². The fourth-order valence-corrected chi connectivity index (χ4v) is 2.74. The molecular formula is C19H18N6. The number of fused-ring (bicyclic) bond motifs is 1. The summed E-state index contributed by atoms with van der Waals surface area (Å²) in [4.78, 5) is 11.0. The summed E-state index contributed by atoms with van der Waals surface area (Å²) in [6.07, 6.45) is 3.63. The number of aromatic nitrogens is 4. The van der Waals surface area contributed by atoms with Gasteiger partial charge in [0.05, 0.1) is 5.69 Å². The van der Waals surface area contributed by atoms with Crippen LogP contribution >= 0.6 is 0 Å². The molecular weight excluding hydrogens is 312 g/mol. The first-order chi connectivity index (χ1) is 12.3. The first-order valence-corrected chi connectivity index (χ1v) is 8.08. The van der Waals surface area contributed by atoms with E-state index in [1.165, 1.54) is 5.56 Å². The van der Waals surface area contributed by atoms with E-state index < -0.39 is 0 Å². The van der Waals surface area contributed by atoms with Gasteiger partial charge < -0.3 is 10.2 Å². The molecule has 0 fully saturated rings. The molecule has 3 heterocycles. The molecule has 0 aliphatic rings. The highest BCUT2D eigenvalue weighted by atomic mass is 15.4. The average molecular weight is 330 g/mol. The molecule has 0 saturated heterocycles. The van der Waals surface area contributed by atoms with Crippen LogP contribution in [-0.4, -0.2) is 26.6 Å². The molecule has 3 aromatic heterocycles. The molecule has 25 heavy (non-hydrogen) atoms. The van der Waals surface area contributed by atoms with Gasteiger partial charge in [-0.1, -0.05) is 36.4 Å². The van der Waals surface area contributed by atoms with Crippen LogP contribution in [0, 0.1) is 0 Å². The van der Waals surface area contributed by atoms with Crippen molar-refractivity contribution in [2.45, 2.75) is 6.54 Å². The Kier molecular flexibility index (Phi) is 4.00. The molecule has 4 aromatic rings. The molecule has 0 amide bonds. The van der Waals surface area contributed by atoms with Crippen LogP contribution in [0.3, 0.4) is 0 Å². The van der Waals surface area contributed by atoms with Gasteiger partial charge in [0.2, 0.25) is 5.95 Å². The number of anilines is 3. The molecule has 0 saturated carbocycles. The second kappa shape index (κ2) is 6.60. The van der Waals surface area contributed by atoms with Gasteiger partial charge in [0.1, 0.15) is 5.82 Å². The summed E-state index contributed by atoms with van der Waals surface area (Å²) in [5, 5.41) is 7.62. The lowest BCUT2D eigenvalue weighted by atomic mass is 10.2. The van der Waals surface area contributed by atoms with Gasteiger partial charge in [-0.15, -0.1) is 5.10 Å². The summed E-state index contributed by atoms with van der Waals surface area (Å²) in [5.41, 5.74) is 3.07. The number of pyridine rings is 2. The summed E-state index contributed by atoms with van der Waals surface area (Å²) in [5.74, 6) is 1.25. The van der Waals surface area contributed by atoms with Gasteiger partial charge >= 0.3 is 0 Å². The molecule has 0 aliphatic heterocycles. The van der Waals surface area contributed by atoms with Crippen LogP contribution in [0.5, 0.6) is 0 Å². The lowest BCUT2D eigenvalue weighted by Gasteiger charge is -2.19. The van der Waals surface area contributed by atoms with E-state index in [4.69, 9.17) is 0 Å². The zero-order valence-electron chi connectivity index (χ0n) is 13.9. The van der Waals surface area contributed by atoms with Crippen LogP contribution in [0.15, 0.2) is 73.1 Å². The summed E-state index contributed by atoms with van der Waals surface area (Å²) >= 11 is 0. The SMILES string of the molecule is CN(Cc1ccccc1)c1cccn2nc(Nc3ccccn3)nc12. The molecule has 4 rings (SSSR count). The monoisotopic (exact) mass is 330 g/mol. The minimum Gasteiger partial charge on any atom is -0.367 e. The minimum absolute atomic E-state index is 0.527. The number of rotatable bonds is 5. The van der Waals surface area contributed by atoms with E-state index in [2.05, 4.69) is 62.7 Å². The lowest BCUT2D eigenvalue weighted by molar-refractivity contribution is 0.906. The molecule has 6 heteroatoms. The van der Waals surface area contributed by atoms with Crippen molar-refractivity contribution in [1.82, 2.24) is 19.6 Å². The normalized spacial score (nSPS) is 10.8. The third kappa shape index (κ3) is 3.28. The molecule has 1 aromatic carbocycles. The predicted octanol–water partition coefficient (Wildman–Crippen LogP) is 3.50. The third-order valence-electron chi connectivity index (χ3n) is 3.92. The third-order valence-corrected chi connectivity index (χ3v) is 3.92. The Morgan fingerprint density at radius 3 is 2.64 bits per heavy atom. The smallest absolute Gasteiger partial charge is 0.248 e. The second-order valence-electron chi connectivity index (χ2n) is 5.78. The van der Waals surface area contributed by atoms with E-state index in [0.29, 0.717) is 5.95 Å². The Morgan fingerprint density at radius 1 is 1.00 bits per heavy atom. The molecule has 0 aliphatic carbocycles. The molecule has 1 N–H and O–H groups in total. The lowest BCUT2D eigenvalue weighted by Crippen LogP contribution is -2.17. The van der Waals surface area contributed by atoms with Crippen molar-refractivity contribution >= 4 is 23.1 Å². The van der Waals surface area contributed by atoms with Crippen LogP contribution in [0.25, 0.3) is 5.65 Å². The fraction of sp³-hybridized carbons (Fsp3) is 0.105. The van der Waals surface area contributed by atoms with Crippen LogP contribution in [-0.2, 0) is 6.54 Å². The first kappa shape index (κ1) is 15.1. The molecule has 0 atom stereocenters. The summed E-state index contributed by atoms with van der Waals surface area (Å²) in [6, 6.07) is 20.1. The first-order valence-electron chi connectivity index (χ1n) is 8.08. The molecule has 124 valence electrons. The van der Waals surface area contributed by atoms with E-state index >= 15 is 0 Å². The van der Waals surface area contributed by atoms with Crippen LogP contribution in [0.4, 0.5) is 17.5 Å². The Hall–Kier alpha value is -3.41. The highest BCUT2D eigenvalue weighted by Crippen LogP contribution is 2.22. The second-order valence-corrected chi connectivity index (χ2v) is 5.78. The maximum atomic E-state index is 4.63. The largest absolute Gasteiger partial charge is 0.367 e. The number of hydrogen-bond donors (Lipinski definition) is 1. The maximum Gasteiger partial charge on any atom is 0.248 e. The number of benzene rings is 1. The molecule has 0 unspecified atom stereocenters. The summed E-state index contributed by atoms with van der Waals surface area (Å²) in [7, 11) is 2.06. The fourth-order valence-electron chi connectivity index (χ4n) is 2.74. The van der Waals surface area contributed by atoms with E-state index in [1.807, 2.05) is 36.5 Å². The van der Waals surface area contributed by atoms with Crippen molar-refractivity contribution in [3.8, 4) is 0 Å². The van der Waals surface area contributed by atoms with Crippen molar-refractivity contribution in [1.29, 1.82) is 0 Å². The van der Waals surface area contributed by atoms with Crippen molar-refractivity contribution in [2.75, 3.05) is 17.3 Å². The molecule has 0 spiro atoms. The van der Waals surface area contributed by atoms with Gasteiger partial charge in [0, 0.05) is 26.0 Å². The maximum absolute atomic E-state index is 4.63.